The Morgan fingerprint density at radius 2 is 1.97 bits per heavy atom. The number of fused-ring (bicyclic) bond motifs is 1. The van der Waals surface area contributed by atoms with Crippen LogP contribution >= 0.6 is 11.8 Å². The van der Waals surface area contributed by atoms with Crippen molar-refractivity contribution in [1.82, 2.24) is 16.0 Å². The molecule has 2 saturated heterocycles. The Hall–Kier alpha value is -3.23. The molecule has 0 unspecified atom stereocenters. The van der Waals surface area contributed by atoms with E-state index in [9.17, 15) is 19.2 Å². The lowest BCUT2D eigenvalue weighted by Crippen LogP contribution is -2.36. The van der Waals surface area contributed by atoms with Crippen LogP contribution in [0.25, 0.3) is 0 Å². The molecular weight excluding hydrogens is 482 g/mol. The zero-order chi connectivity index (χ0) is 25.9. The van der Waals surface area contributed by atoms with Gasteiger partial charge in [-0.25, -0.2) is 9.59 Å². The summed E-state index contributed by atoms with van der Waals surface area (Å²) in [4.78, 5) is 47.7. The summed E-state index contributed by atoms with van der Waals surface area (Å²) in [6.07, 6.45) is 3.89. The molecule has 11 heteroatoms. The van der Waals surface area contributed by atoms with Gasteiger partial charge < -0.3 is 31.7 Å². The lowest BCUT2D eigenvalue weighted by Gasteiger charge is -2.16. The second-order valence-corrected chi connectivity index (χ2v) is 9.90. The summed E-state index contributed by atoms with van der Waals surface area (Å²) >= 11 is 1.87. The Labute approximate surface area is 215 Å². The van der Waals surface area contributed by atoms with Crippen molar-refractivity contribution in [2.75, 3.05) is 31.3 Å². The van der Waals surface area contributed by atoms with E-state index in [1.165, 1.54) is 7.11 Å². The number of amides is 4. The molecular formula is C25H33N5O5S. The highest BCUT2D eigenvalue weighted by molar-refractivity contribution is 8.00. The third-order valence-corrected chi connectivity index (χ3v) is 7.53. The van der Waals surface area contributed by atoms with Gasteiger partial charge >= 0.3 is 12.0 Å². The normalized spacial score (nSPS) is 19.8. The summed E-state index contributed by atoms with van der Waals surface area (Å²) in [5, 5.41) is 12.0. The van der Waals surface area contributed by atoms with E-state index in [4.69, 9.17) is 10.5 Å². The molecule has 0 bridgehead atoms. The minimum atomic E-state index is -0.518. The number of nitrogens with one attached hydrogen (secondary N) is 4. The van der Waals surface area contributed by atoms with E-state index in [1.807, 2.05) is 11.8 Å². The maximum atomic E-state index is 12.3. The monoisotopic (exact) mass is 515 g/mol. The van der Waals surface area contributed by atoms with Crippen LogP contribution in [0, 0.1) is 11.8 Å². The second-order valence-electron chi connectivity index (χ2n) is 8.63. The number of unbranched alkanes of at least 4 members (excludes halogenated alkanes) is 1. The van der Waals surface area contributed by atoms with Gasteiger partial charge in [-0.2, -0.15) is 11.8 Å². The zero-order valence-electron chi connectivity index (χ0n) is 20.4. The van der Waals surface area contributed by atoms with E-state index in [0.717, 1.165) is 25.0 Å². The molecule has 0 saturated carbocycles. The van der Waals surface area contributed by atoms with E-state index in [1.54, 1.807) is 18.2 Å². The van der Waals surface area contributed by atoms with E-state index in [0.29, 0.717) is 41.5 Å². The Balaban J connectivity index is 1.30. The van der Waals surface area contributed by atoms with Crippen LogP contribution < -0.4 is 27.0 Å². The number of anilines is 1. The van der Waals surface area contributed by atoms with Crippen LogP contribution in [0.15, 0.2) is 18.2 Å². The number of rotatable bonds is 11. The van der Waals surface area contributed by atoms with E-state index >= 15 is 0 Å². The summed E-state index contributed by atoms with van der Waals surface area (Å²) in [5.41, 5.74) is 6.65. The summed E-state index contributed by atoms with van der Waals surface area (Å²) in [6.45, 7) is 0.557. The van der Waals surface area contributed by atoms with Crippen molar-refractivity contribution in [2.45, 2.75) is 55.9 Å². The van der Waals surface area contributed by atoms with Gasteiger partial charge in [0.15, 0.2) is 0 Å². The standard InChI is InChI=1S/C25H33N5O5S/c1-35-24(33)18-11-10-17(14-16(18)6-4-12-26)28-22(32)9-5-13-27-21(31)8-3-2-7-20-23-19(15-36-20)29-25(34)30-23/h10-11,14,19-20,23H,2-3,5,7-9,12-13,15,26H2,1H3,(H,27,31)(H,28,32)(H2,29,30,34)/t19-,20-,23-/m0/s1. The maximum Gasteiger partial charge on any atom is 0.339 e. The molecule has 2 heterocycles. The molecule has 2 aliphatic rings. The highest BCUT2D eigenvalue weighted by atomic mass is 32.2. The molecule has 6 N–H and O–H groups in total. The highest BCUT2D eigenvalue weighted by Gasteiger charge is 2.42. The first-order valence-electron chi connectivity index (χ1n) is 12.1. The first kappa shape index (κ1) is 27.4. The van der Waals surface area contributed by atoms with Crippen LogP contribution in [-0.2, 0) is 14.3 Å². The molecule has 0 aromatic heterocycles. The number of nitrogens with two attached hydrogens (primary N) is 1. The van der Waals surface area contributed by atoms with Crippen molar-refractivity contribution in [3.8, 4) is 11.8 Å². The van der Waals surface area contributed by atoms with E-state index < -0.39 is 5.97 Å². The molecule has 4 amide bonds. The fraction of sp³-hybridized carbons (Fsp3) is 0.520. The molecule has 3 rings (SSSR count). The molecule has 0 radical (unpaired) electrons. The topological polar surface area (TPSA) is 152 Å². The summed E-state index contributed by atoms with van der Waals surface area (Å²) in [5.74, 6) is 5.71. The summed E-state index contributed by atoms with van der Waals surface area (Å²) in [7, 11) is 1.29. The summed E-state index contributed by atoms with van der Waals surface area (Å²) in [6, 6.07) is 5.10. The van der Waals surface area contributed by atoms with Gasteiger partial charge in [-0.1, -0.05) is 18.3 Å². The van der Waals surface area contributed by atoms with Crippen LogP contribution in [0.4, 0.5) is 10.5 Å². The van der Waals surface area contributed by atoms with Crippen LogP contribution in [0.5, 0.6) is 0 Å². The molecule has 2 aliphatic heterocycles. The number of hydrogen-bond acceptors (Lipinski definition) is 7. The van der Waals surface area contributed by atoms with Gasteiger partial charge in [0.05, 0.1) is 31.3 Å². The lowest BCUT2D eigenvalue weighted by atomic mass is 10.0. The molecule has 0 spiro atoms. The molecule has 1 aromatic carbocycles. The number of ether oxygens (including phenoxy) is 1. The Kier molecular flexibility index (Phi) is 10.5. The van der Waals surface area contributed by atoms with E-state index in [-0.39, 0.29) is 42.9 Å². The molecule has 0 aliphatic carbocycles. The molecule has 10 nitrogen and oxygen atoms in total. The molecule has 3 atom stereocenters. The fourth-order valence-electron chi connectivity index (χ4n) is 4.22. The molecule has 36 heavy (non-hydrogen) atoms. The number of benzene rings is 1. The molecule has 2 fully saturated rings. The Morgan fingerprint density at radius 3 is 2.75 bits per heavy atom. The minimum absolute atomic E-state index is 0.0234. The van der Waals surface area contributed by atoms with E-state index in [2.05, 4.69) is 33.1 Å². The van der Waals surface area contributed by atoms with Crippen LogP contribution in [0.2, 0.25) is 0 Å². The number of hydrogen-bond donors (Lipinski definition) is 5. The number of carbonyl (C=O) groups is 4. The zero-order valence-corrected chi connectivity index (χ0v) is 21.2. The Bertz CT molecular complexity index is 1040. The second kappa shape index (κ2) is 13.8. The quantitative estimate of drug-likeness (QED) is 0.129. The Morgan fingerprint density at radius 1 is 1.17 bits per heavy atom. The van der Waals surface area contributed by atoms with Crippen molar-refractivity contribution in [3.05, 3.63) is 29.3 Å². The summed E-state index contributed by atoms with van der Waals surface area (Å²) < 4.78 is 4.76. The van der Waals surface area contributed by atoms with Gasteiger partial charge in [0.1, 0.15) is 0 Å². The van der Waals surface area contributed by atoms with Gasteiger partial charge in [0.25, 0.3) is 0 Å². The maximum absolute atomic E-state index is 12.3. The van der Waals surface area contributed by atoms with Gasteiger partial charge in [0, 0.05) is 41.6 Å². The van der Waals surface area contributed by atoms with Crippen LogP contribution in [0.1, 0.15) is 54.4 Å². The average molecular weight is 516 g/mol. The van der Waals surface area contributed by atoms with Gasteiger partial charge in [-0.3, -0.25) is 9.59 Å². The molecule has 194 valence electrons. The minimum Gasteiger partial charge on any atom is -0.465 e. The first-order valence-corrected chi connectivity index (χ1v) is 13.1. The third-order valence-electron chi connectivity index (χ3n) is 6.02. The number of methoxy groups -OCH3 is 1. The SMILES string of the molecule is COC(=O)c1ccc(NC(=O)CCCNC(=O)CCCC[C@@H]2SC[C@@H]3NC(=O)N[C@@H]32)cc1C#CCN. The largest absolute Gasteiger partial charge is 0.465 e. The number of thioether (sulfide) groups is 1. The predicted molar refractivity (Wildman–Crippen MR) is 139 cm³/mol. The van der Waals surface area contributed by atoms with Crippen LogP contribution in [-0.4, -0.2) is 67.1 Å². The van der Waals surface area contributed by atoms with Crippen molar-refractivity contribution in [2.24, 2.45) is 5.73 Å². The van der Waals surface area contributed by atoms with Gasteiger partial charge in [0.2, 0.25) is 11.8 Å². The smallest absolute Gasteiger partial charge is 0.339 e. The van der Waals surface area contributed by atoms with Crippen LogP contribution in [0.3, 0.4) is 0 Å². The lowest BCUT2D eigenvalue weighted by molar-refractivity contribution is -0.121. The number of esters is 1. The number of carbonyl (C=O) groups excluding carboxylic acids is 4. The van der Waals surface area contributed by atoms with Crippen molar-refractivity contribution in [3.63, 3.8) is 0 Å². The average Bonchev–Trinajstić information content (AvgIpc) is 3.42. The predicted octanol–water partition coefficient (Wildman–Crippen LogP) is 1.34. The molecule has 1 aromatic rings. The highest BCUT2D eigenvalue weighted by Crippen LogP contribution is 2.33. The van der Waals surface area contributed by atoms with Gasteiger partial charge in [-0.05, 0) is 37.5 Å². The first-order chi connectivity index (χ1) is 17.4. The van der Waals surface area contributed by atoms with Crippen molar-refractivity contribution >= 4 is 41.3 Å². The van der Waals surface area contributed by atoms with Crippen molar-refractivity contribution < 1.29 is 23.9 Å². The van der Waals surface area contributed by atoms with Gasteiger partial charge in [-0.15, -0.1) is 0 Å². The van der Waals surface area contributed by atoms with Crippen molar-refractivity contribution in [1.29, 1.82) is 0 Å². The third kappa shape index (κ3) is 7.90. The number of urea groups is 1. The fourth-order valence-corrected chi connectivity index (χ4v) is 5.77.